The van der Waals surface area contributed by atoms with Crippen molar-refractivity contribution >= 4 is 40.7 Å². The smallest absolute Gasteiger partial charge is 0.258 e. The summed E-state index contributed by atoms with van der Waals surface area (Å²) in [6.07, 6.45) is 5.23. The number of hydrogen-bond donors (Lipinski definition) is 2. The first-order chi connectivity index (χ1) is 11.6. The second-order valence-corrected chi connectivity index (χ2v) is 6.15. The van der Waals surface area contributed by atoms with Gasteiger partial charge >= 0.3 is 0 Å². The molecule has 126 valence electrons. The predicted octanol–water partition coefficient (Wildman–Crippen LogP) is 3.63. The van der Waals surface area contributed by atoms with Crippen molar-refractivity contribution in [3.8, 4) is 0 Å². The van der Waals surface area contributed by atoms with Crippen LogP contribution in [-0.2, 0) is 4.74 Å². The number of benzene rings is 1. The summed E-state index contributed by atoms with van der Waals surface area (Å²) in [5, 5.41) is 6.46. The van der Waals surface area contributed by atoms with E-state index in [2.05, 4.69) is 20.6 Å². The third kappa shape index (κ3) is 4.14. The fourth-order valence-corrected chi connectivity index (χ4v) is 2.69. The van der Waals surface area contributed by atoms with E-state index >= 15 is 0 Å². The first-order valence-electron chi connectivity index (χ1n) is 7.56. The van der Waals surface area contributed by atoms with E-state index < -0.39 is 0 Å². The second kappa shape index (κ2) is 7.79. The maximum absolute atomic E-state index is 12.2. The fourth-order valence-electron chi connectivity index (χ4n) is 2.34. The molecule has 1 amide bonds. The number of nitrogens with one attached hydrogen (secondary N) is 2. The summed E-state index contributed by atoms with van der Waals surface area (Å²) in [4.78, 5) is 20.5. The third-order valence-electron chi connectivity index (χ3n) is 3.63. The van der Waals surface area contributed by atoms with Crippen LogP contribution in [0.5, 0.6) is 0 Å². The Labute approximate surface area is 149 Å². The quantitative estimate of drug-likeness (QED) is 0.844. The molecule has 0 spiro atoms. The Bertz CT molecular complexity index is 719. The molecule has 8 heteroatoms. The van der Waals surface area contributed by atoms with Gasteiger partial charge in [-0.1, -0.05) is 29.3 Å². The zero-order valence-electron chi connectivity index (χ0n) is 12.8. The Hall–Kier alpha value is -1.89. The topological polar surface area (TPSA) is 76.1 Å². The Morgan fingerprint density at radius 2 is 2.08 bits per heavy atom. The average Bonchev–Trinajstić information content (AvgIpc) is 3.11. The zero-order chi connectivity index (χ0) is 16.9. The third-order valence-corrected chi connectivity index (χ3v) is 4.44. The molecule has 0 bridgehead atoms. The summed E-state index contributed by atoms with van der Waals surface area (Å²) in [7, 11) is 0. The lowest BCUT2D eigenvalue weighted by Crippen LogP contribution is -2.20. The van der Waals surface area contributed by atoms with E-state index in [1.54, 1.807) is 18.2 Å². The van der Waals surface area contributed by atoms with Gasteiger partial charge in [-0.15, -0.1) is 0 Å². The zero-order valence-corrected chi connectivity index (χ0v) is 14.3. The molecule has 1 aromatic heterocycles. The van der Waals surface area contributed by atoms with Crippen molar-refractivity contribution in [3.05, 3.63) is 46.2 Å². The van der Waals surface area contributed by atoms with Gasteiger partial charge in [0.2, 0.25) is 5.95 Å². The van der Waals surface area contributed by atoms with E-state index in [-0.39, 0.29) is 12.0 Å². The van der Waals surface area contributed by atoms with E-state index in [1.807, 2.05) is 0 Å². The lowest BCUT2D eigenvalue weighted by atomic mass is 10.2. The van der Waals surface area contributed by atoms with Crippen molar-refractivity contribution in [1.82, 2.24) is 9.97 Å². The van der Waals surface area contributed by atoms with Gasteiger partial charge in [0.1, 0.15) is 0 Å². The minimum absolute atomic E-state index is 0.196. The van der Waals surface area contributed by atoms with Crippen LogP contribution in [0.2, 0.25) is 10.0 Å². The lowest BCUT2D eigenvalue weighted by Gasteiger charge is -2.11. The summed E-state index contributed by atoms with van der Waals surface area (Å²) >= 11 is 12.0. The van der Waals surface area contributed by atoms with Crippen molar-refractivity contribution in [2.24, 2.45) is 0 Å². The summed E-state index contributed by atoms with van der Waals surface area (Å²) in [5.74, 6) is 0.104. The Kier molecular flexibility index (Phi) is 5.50. The van der Waals surface area contributed by atoms with E-state index in [9.17, 15) is 4.79 Å². The molecule has 1 atom stereocenters. The van der Waals surface area contributed by atoms with Crippen molar-refractivity contribution in [2.75, 3.05) is 23.8 Å². The van der Waals surface area contributed by atoms with Crippen molar-refractivity contribution in [1.29, 1.82) is 0 Å². The minimum atomic E-state index is -0.357. The number of nitrogens with zero attached hydrogens (tertiary/aromatic N) is 2. The van der Waals surface area contributed by atoms with Crippen molar-refractivity contribution in [2.45, 2.75) is 18.9 Å². The normalized spacial score (nSPS) is 16.8. The number of carbonyl (C=O) groups excluding carboxylic acids is 1. The molecule has 2 heterocycles. The van der Waals surface area contributed by atoms with Gasteiger partial charge in [-0.25, -0.2) is 9.97 Å². The maximum atomic E-state index is 12.2. The van der Waals surface area contributed by atoms with Crippen LogP contribution >= 0.6 is 23.2 Å². The van der Waals surface area contributed by atoms with Crippen LogP contribution in [0, 0.1) is 0 Å². The molecule has 24 heavy (non-hydrogen) atoms. The highest BCUT2D eigenvalue weighted by molar-refractivity contribution is 6.44. The fraction of sp³-hybridized carbons (Fsp3) is 0.312. The second-order valence-electron chi connectivity index (χ2n) is 5.37. The van der Waals surface area contributed by atoms with Crippen LogP contribution in [-0.4, -0.2) is 35.1 Å². The highest BCUT2D eigenvalue weighted by Crippen LogP contribution is 2.29. The lowest BCUT2D eigenvalue weighted by molar-refractivity contribution is 0.102. The van der Waals surface area contributed by atoms with Gasteiger partial charge in [0.05, 0.1) is 27.4 Å². The van der Waals surface area contributed by atoms with E-state index in [0.717, 1.165) is 19.4 Å². The number of aromatic nitrogens is 2. The highest BCUT2D eigenvalue weighted by Gasteiger charge is 2.16. The van der Waals surface area contributed by atoms with Crippen molar-refractivity contribution in [3.63, 3.8) is 0 Å². The van der Waals surface area contributed by atoms with Gasteiger partial charge in [0.25, 0.3) is 5.91 Å². The molecule has 0 aliphatic carbocycles. The van der Waals surface area contributed by atoms with Gasteiger partial charge in [-0.2, -0.15) is 0 Å². The molecule has 0 saturated carbocycles. The molecule has 0 radical (unpaired) electrons. The van der Waals surface area contributed by atoms with E-state index in [4.69, 9.17) is 27.9 Å². The van der Waals surface area contributed by atoms with Crippen LogP contribution in [0.15, 0.2) is 30.6 Å². The molecule has 6 nitrogen and oxygen atoms in total. The monoisotopic (exact) mass is 366 g/mol. The molecule has 1 aliphatic heterocycles. The Morgan fingerprint density at radius 3 is 2.79 bits per heavy atom. The highest BCUT2D eigenvalue weighted by atomic mass is 35.5. The van der Waals surface area contributed by atoms with Crippen LogP contribution in [0.3, 0.4) is 0 Å². The largest absolute Gasteiger partial charge is 0.376 e. The molecule has 1 aliphatic rings. The number of carbonyl (C=O) groups is 1. The maximum Gasteiger partial charge on any atom is 0.258 e. The number of ether oxygens (including phenoxy) is 1. The molecular formula is C16H16Cl2N4O2. The Morgan fingerprint density at radius 1 is 1.29 bits per heavy atom. The van der Waals surface area contributed by atoms with E-state index in [0.29, 0.717) is 33.8 Å². The summed E-state index contributed by atoms with van der Waals surface area (Å²) in [6, 6.07) is 5.03. The molecule has 1 aromatic carbocycles. The minimum Gasteiger partial charge on any atom is -0.376 e. The average molecular weight is 367 g/mol. The first-order valence-corrected chi connectivity index (χ1v) is 8.32. The van der Waals surface area contributed by atoms with E-state index in [1.165, 1.54) is 12.4 Å². The number of amides is 1. The molecule has 1 unspecified atom stereocenters. The summed E-state index contributed by atoms with van der Waals surface area (Å²) < 4.78 is 5.52. The van der Waals surface area contributed by atoms with Crippen molar-refractivity contribution < 1.29 is 9.53 Å². The van der Waals surface area contributed by atoms with Gasteiger partial charge < -0.3 is 15.4 Å². The predicted molar refractivity (Wildman–Crippen MR) is 93.9 cm³/mol. The Balaban J connectivity index is 1.60. The molecule has 2 aromatic rings. The summed E-state index contributed by atoms with van der Waals surface area (Å²) in [6.45, 7) is 1.46. The standard InChI is InChI=1S/C16H16Cl2N4O2/c17-12-4-1-5-13(14(12)18)22-15(23)10-7-19-16(20-8-10)21-9-11-3-2-6-24-11/h1,4-5,7-8,11H,2-3,6,9H2,(H,22,23)(H,19,20,21). The number of rotatable bonds is 5. The van der Waals surface area contributed by atoms with Gasteiger partial charge in [-0.05, 0) is 25.0 Å². The van der Waals surface area contributed by atoms with Crippen LogP contribution in [0.25, 0.3) is 0 Å². The van der Waals surface area contributed by atoms with Gasteiger partial charge in [-0.3, -0.25) is 4.79 Å². The molecule has 1 fully saturated rings. The molecule has 2 N–H and O–H groups in total. The number of anilines is 2. The summed E-state index contributed by atoms with van der Waals surface area (Å²) in [5.41, 5.74) is 0.767. The SMILES string of the molecule is O=C(Nc1cccc(Cl)c1Cl)c1cnc(NCC2CCCO2)nc1. The molecule has 1 saturated heterocycles. The van der Waals surface area contributed by atoms with Gasteiger partial charge in [0.15, 0.2) is 0 Å². The first kappa shape index (κ1) is 17.0. The van der Waals surface area contributed by atoms with Crippen LogP contribution < -0.4 is 10.6 Å². The van der Waals surface area contributed by atoms with Crippen LogP contribution in [0.1, 0.15) is 23.2 Å². The molecule has 3 rings (SSSR count). The number of halogens is 2. The number of hydrogen-bond acceptors (Lipinski definition) is 5. The van der Waals surface area contributed by atoms with Crippen LogP contribution in [0.4, 0.5) is 11.6 Å². The molecular weight excluding hydrogens is 351 g/mol. The van der Waals surface area contributed by atoms with Gasteiger partial charge in [0, 0.05) is 25.5 Å².